The summed E-state index contributed by atoms with van der Waals surface area (Å²) in [7, 11) is 0. The molecule has 14 heavy (non-hydrogen) atoms. The third-order valence-electron chi connectivity index (χ3n) is 2.43. The molecule has 0 radical (unpaired) electrons. The van der Waals surface area contributed by atoms with Gasteiger partial charge in [-0.2, -0.15) is 0 Å². The minimum absolute atomic E-state index is 0.0418. The molecule has 1 aliphatic rings. The monoisotopic (exact) mass is 191 g/mol. The summed E-state index contributed by atoms with van der Waals surface area (Å²) < 4.78 is 5.52. The second-order valence-electron chi connectivity index (χ2n) is 3.44. The van der Waals surface area contributed by atoms with Crippen LogP contribution in [0.15, 0.2) is 30.3 Å². The number of amides is 1. The summed E-state index contributed by atoms with van der Waals surface area (Å²) >= 11 is 0. The summed E-state index contributed by atoms with van der Waals surface area (Å²) in [5.41, 5.74) is 1.14. The van der Waals surface area contributed by atoms with Crippen molar-refractivity contribution in [2.75, 3.05) is 13.3 Å². The molecule has 1 aliphatic heterocycles. The summed E-state index contributed by atoms with van der Waals surface area (Å²) in [4.78, 5) is 12.8. The molecule has 1 atom stereocenters. The minimum Gasteiger partial charge on any atom is -0.351 e. The second-order valence-corrected chi connectivity index (χ2v) is 3.44. The van der Waals surface area contributed by atoms with Gasteiger partial charge in [0.15, 0.2) is 0 Å². The van der Waals surface area contributed by atoms with Crippen LogP contribution in [0.5, 0.6) is 0 Å². The van der Waals surface area contributed by atoms with Crippen molar-refractivity contribution in [1.82, 2.24) is 4.90 Å². The van der Waals surface area contributed by atoms with Gasteiger partial charge in [0.05, 0.1) is 6.54 Å². The van der Waals surface area contributed by atoms with Crippen LogP contribution in [0.3, 0.4) is 0 Å². The van der Waals surface area contributed by atoms with Crippen LogP contribution < -0.4 is 0 Å². The molecule has 1 aromatic rings. The fourth-order valence-electron chi connectivity index (χ4n) is 1.57. The smallest absolute Gasteiger partial charge is 0.221 e. The summed E-state index contributed by atoms with van der Waals surface area (Å²) in [6, 6.07) is 9.98. The maximum Gasteiger partial charge on any atom is 0.221 e. The molecule has 74 valence electrons. The molecule has 3 nitrogen and oxygen atoms in total. The Hall–Kier alpha value is -1.35. The van der Waals surface area contributed by atoms with Crippen LogP contribution in [0.4, 0.5) is 0 Å². The van der Waals surface area contributed by atoms with Gasteiger partial charge in [-0.15, -0.1) is 0 Å². The van der Waals surface area contributed by atoms with E-state index in [1.807, 2.05) is 30.3 Å². The van der Waals surface area contributed by atoms with Gasteiger partial charge in [0.2, 0.25) is 5.91 Å². The SMILES string of the molecule is CC(=O)N1COC(c2ccccc2)C1. The van der Waals surface area contributed by atoms with E-state index in [0.717, 1.165) is 5.56 Å². The van der Waals surface area contributed by atoms with Crippen molar-refractivity contribution in [2.24, 2.45) is 0 Å². The predicted octanol–water partition coefficient (Wildman–Crippen LogP) is 1.56. The van der Waals surface area contributed by atoms with E-state index in [4.69, 9.17) is 4.74 Å². The van der Waals surface area contributed by atoms with Crippen LogP contribution >= 0.6 is 0 Å². The zero-order chi connectivity index (χ0) is 9.97. The Morgan fingerprint density at radius 3 is 2.71 bits per heavy atom. The average molecular weight is 191 g/mol. The lowest BCUT2D eigenvalue weighted by Crippen LogP contribution is -2.25. The highest BCUT2D eigenvalue weighted by molar-refractivity contribution is 5.73. The van der Waals surface area contributed by atoms with E-state index < -0.39 is 0 Å². The number of nitrogens with zero attached hydrogens (tertiary/aromatic N) is 1. The Balaban J connectivity index is 2.06. The van der Waals surface area contributed by atoms with E-state index in [2.05, 4.69) is 0 Å². The first-order valence-electron chi connectivity index (χ1n) is 4.69. The quantitative estimate of drug-likeness (QED) is 0.674. The van der Waals surface area contributed by atoms with E-state index in [0.29, 0.717) is 13.3 Å². The fraction of sp³-hybridized carbons (Fsp3) is 0.364. The molecule has 2 rings (SSSR count). The third-order valence-corrected chi connectivity index (χ3v) is 2.43. The van der Waals surface area contributed by atoms with Crippen LogP contribution in [0.2, 0.25) is 0 Å². The zero-order valence-corrected chi connectivity index (χ0v) is 8.14. The van der Waals surface area contributed by atoms with Crippen LogP contribution in [-0.4, -0.2) is 24.1 Å². The first kappa shape index (κ1) is 9.21. The topological polar surface area (TPSA) is 29.5 Å². The minimum atomic E-state index is 0.0418. The molecule has 3 heteroatoms. The second kappa shape index (κ2) is 3.80. The van der Waals surface area contributed by atoms with Crippen LogP contribution in [0.1, 0.15) is 18.6 Å². The van der Waals surface area contributed by atoms with Gasteiger partial charge in [-0.1, -0.05) is 30.3 Å². The van der Waals surface area contributed by atoms with Crippen molar-refractivity contribution < 1.29 is 9.53 Å². The first-order chi connectivity index (χ1) is 6.77. The molecule has 1 heterocycles. The van der Waals surface area contributed by atoms with Crippen molar-refractivity contribution in [3.05, 3.63) is 35.9 Å². The Morgan fingerprint density at radius 1 is 1.43 bits per heavy atom. The number of rotatable bonds is 1. The standard InChI is InChI=1S/C11H13NO2/c1-9(13)12-7-11(14-8-12)10-5-3-2-4-6-10/h2-6,11H,7-8H2,1H3. The van der Waals surface area contributed by atoms with Gasteiger partial charge in [0, 0.05) is 6.92 Å². The molecule has 1 aromatic carbocycles. The van der Waals surface area contributed by atoms with E-state index in [1.165, 1.54) is 0 Å². The van der Waals surface area contributed by atoms with E-state index in [1.54, 1.807) is 11.8 Å². The van der Waals surface area contributed by atoms with E-state index in [-0.39, 0.29) is 12.0 Å². The predicted molar refractivity (Wildman–Crippen MR) is 52.5 cm³/mol. The molecule has 0 bridgehead atoms. The van der Waals surface area contributed by atoms with Crippen LogP contribution in [0, 0.1) is 0 Å². The van der Waals surface area contributed by atoms with Gasteiger partial charge in [0.1, 0.15) is 12.8 Å². The molecule has 0 aliphatic carbocycles. The number of ether oxygens (including phenoxy) is 1. The highest BCUT2D eigenvalue weighted by Gasteiger charge is 2.25. The molecule has 1 unspecified atom stereocenters. The average Bonchev–Trinajstić information content (AvgIpc) is 2.68. The van der Waals surface area contributed by atoms with Gasteiger partial charge < -0.3 is 9.64 Å². The Kier molecular flexibility index (Phi) is 2.50. The van der Waals surface area contributed by atoms with Crippen molar-refractivity contribution in [2.45, 2.75) is 13.0 Å². The summed E-state index contributed by atoms with van der Waals surface area (Å²) in [5, 5.41) is 0. The first-order valence-corrected chi connectivity index (χ1v) is 4.69. The van der Waals surface area contributed by atoms with Crippen LogP contribution in [-0.2, 0) is 9.53 Å². The Morgan fingerprint density at radius 2 is 2.14 bits per heavy atom. The van der Waals surface area contributed by atoms with E-state index in [9.17, 15) is 4.79 Å². The van der Waals surface area contributed by atoms with Crippen molar-refractivity contribution in [3.8, 4) is 0 Å². The number of carbonyl (C=O) groups excluding carboxylic acids is 1. The number of hydrogen-bond donors (Lipinski definition) is 0. The van der Waals surface area contributed by atoms with E-state index >= 15 is 0 Å². The number of hydrogen-bond acceptors (Lipinski definition) is 2. The maximum absolute atomic E-state index is 11.1. The molecule has 0 spiro atoms. The fourth-order valence-corrected chi connectivity index (χ4v) is 1.57. The number of benzene rings is 1. The maximum atomic E-state index is 11.1. The molecular weight excluding hydrogens is 178 g/mol. The largest absolute Gasteiger partial charge is 0.351 e. The molecule has 0 aromatic heterocycles. The highest BCUT2D eigenvalue weighted by atomic mass is 16.5. The summed E-state index contributed by atoms with van der Waals surface area (Å²) in [6.45, 7) is 2.64. The Bertz CT molecular complexity index is 323. The molecule has 0 saturated carbocycles. The van der Waals surface area contributed by atoms with Crippen molar-refractivity contribution in [3.63, 3.8) is 0 Å². The van der Waals surface area contributed by atoms with Crippen molar-refractivity contribution in [1.29, 1.82) is 0 Å². The van der Waals surface area contributed by atoms with Gasteiger partial charge in [0.25, 0.3) is 0 Å². The van der Waals surface area contributed by atoms with Gasteiger partial charge in [-0.25, -0.2) is 0 Å². The normalized spacial score (nSPS) is 21.2. The number of carbonyl (C=O) groups is 1. The van der Waals surface area contributed by atoms with Gasteiger partial charge in [-0.3, -0.25) is 4.79 Å². The summed E-state index contributed by atoms with van der Waals surface area (Å²) in [5.74, 6) is 0.0726. The van der Waals surface area contributed by atoms with Crippen molar-refractivity contribution >= 4 is 5.91 Å². The lowest BCUT2D eigenvalue weighted by atomic mass is 10.1. The molecule has 1 saturated heterocycles. The van der Waals surface area contributed by atoms with Gasteiger partial charge in [-0.05, 0) is 5.56 Å². The third kappa shape index (κ3) is 1.77. The molecule has 0 N–H and O–H groups in total. The Labute approximate surface area is 83.3 Å². The zero-order valence-electron chi connectivity index (χ0n) is 8.14. The van der Waals surface area contributed by atoms with Crippen LogP contribution in [0.25, 0.3) is 0 Å². The molecular formula is C11H13NO2. The van der Waals surface area contributed by atoms with Gasteiger partial charge >= 0.3 is 0 Å². The lowest BCUT2D eigenvalue weighted by Gasteiger charge is -2.10. The molecule has 1 amide bonds. The molecule has 1 fully saturated rings. The summed E-state index contributed by atoms with van der Waals surface area (Å²) in [6.07, 6.45) is 0.0418. The highest BCUT2D eigenvalue weighted by Crippen LogP contribution is 2.23. The lowest BCUT2D eigenvalue weighted by molar-refractivity contribution is -0.129.